The summed E-state index contributed by atoms with van der Waals surface area (Å²) in [6.07, 6.45) is 11.2. The molecule has 10 nitrogen and oxygen atoms in total. The molecule has 168 valence electrons. The summed E-state index contributed by atoms with van der Waals surface area (Å²) in [4.78, 5) is 41.9. The average molecular weight is 425 g/mol. The quantitative estimate of drug-likeness (QED) is 0.124. The van der Waals surface area contributed by atoms with Gasteiger partial charge in [-0.1, -0.05) is 39.0 Å². The van der Waals surface area contributed by atoms with Gasteiger partial charge in [-0.3, -0.25) is 30.3 Å². The van der Waals surface area contributed by atoms with E-state index < -0.39 is 14.8 Å². The van der Waals surface area contributed by atoms with E-state index in [-0.39, 0.29) is 49.2 Å². The number of unbranched alkanes of at least 4 members (excludes halogenated alkanes) is 7. The number of carbonyl (C=O) groups is 1. The third kappa shape index (κ3) is 13.3. The smallest absolute Gasteiger partial charge is 0.246 e. The summed E-state index contributed by atoms with van der Waals surface area (Å²) in [7, 11) is 0. The molecule has 30 heavy (non-hydrogen) atoms. The lowest BCUT2D eigenvalue weighted by Gasteiger charge is -2.00. The summed E-state index contributed by atoms with van der Waals surface area (Å²) in [5, 5.41) is 33.4. The Kier molecular flexibility index (Phi) is 15.3. The Hall–Kier alpha value is -2.91. The van der Waals surface area contributed by atoms with Gasteiger partial charge in [-0.15, -0.1) is 0 Å². The van der Waals surface area contributed by atoms with Crippen LogP contribution in [0.25, 0.3) is 0 Å². The second-order valence-electron chi connectivity index (χ2n) is 6.88. The number of nitrogens with zero attached hydrogens (tertiary/aromatic N) is 3. The van der Waals surface area contributed by atoms with Crippen LogP contribution in [0.1, 0.15) is 84.0 Å². The molecule has 0 spiro atoms. The van der Waals surface area contributed by atoms with Crippen molar-refractivity contribution < 1.29 is 19.6 Å². The second kappa shape index (κ2) is 17.0. The molecule has 0 aliphatic rings. The van der Waals surface area contributed by atoms with Crippen LogP contribution in [0.4, 0.5) is 0 Å². The predicted octanol–water partition coefficient (Wildman–Crippen LogP) is 5.37. The number of allylic oxidation sites excluding steroid dienone is 4. The molecular formula is C20H31N3O7. The van der Waals surface area contributed by atoms with Gasteiger partial charge in [0.25, 0.3) is 0 Å². The number of rotatable bonds is 18. The third-order valence-electron chi connectivity index (χ3n) is 4.49. The van der Waals surface area contributed by atoms with Gasteiger partial charge in [-0.05, 0) is 37.5 Å². The zero-order chi connectivity index (χ0) is 22.8. The van der Waals surface area contributed by atoms with Gasteiger partial charge in [0.05, 0.1) is 27.6 Å². The Morgan fingerprint density at radius 1 is 0.667 bits per heavy atom. The monoisotopic (exact) mass is 425 g/mol. The molecule has 0 bridgehead atoms. The van der Waals surface area contributed by atoms with Gasteiger partial charge in [0.2, 0.25) is 17.1 Å². The highest BCUT2D eigenvalue weighted by Gasteiger charge is 2.17. The van der Waals surface area contributed by atoms with Crippen molar-refractivity contribution in [2.24, 2.45) is 0 Å². The molecule has 0 rings (SSSR count). The highest BCUT2D eigenvalue weighted by molar-refractivity contribution is 5.49. The molecule has 10 heteroatoms. The van der Waals surface area contributed by atoms with E-state index in [1.165, 1.54) is 12.5 Å². The van der Waals surface area contributed by atoms with Crippen LogP contribution < -0.4 is 0 Å². The Labute approximate surface area is 176 Å². The average Bonchev–Trinajstić information content (AvgIpc) is 2.69. The van der Waals surface area contributed by atoms with Crippen LogP contribution in [0.2, 0.25) is 0 Å². The summed E-state index contributed by atoms with van der Waals surface area (Å²) >= 11 is 0. The lowest BCUT2D eigenvalue weighted by Crippen LogP contribution is -2.04. The van der Waals surface area contributed by atoms with E-state index in [0.29, 0.717) is 12.7 Å². The summed E-state index contributed by atoms with van der Waals surface area (Å²) in [5.41, 5.74) is -0.665. The highest BCUT2D eigenvalue weighted by Crippen LogP contribution is 2.16. The van der Waals surface area contributed by atoms with Gasteiger partial charge in [0.15, 0.2) is 0 Å². The van der Waals surface area contributed by atoms with Crippen molar-refractivity contribution in [2.45, 2.75) is 84.0 Å². The SMILES string of the molecule is CCCCCCCC/C=C(\C/C=C(\C/C=C(\CCCC=O)[N+](=O)[O-])[N+](=O)[O-])[N+](=O)[O-]. The van der Waals surface area contributed by atoms with Crippen molar-refractivity contribution in [1.29, 1.82) is 0 Å². The standard InChI is InChI=1S/C20H31N3O7/c1-2-3-4-5-6-7-8-11-18(21(25)26)13-15-20(23(29)30)16-14-19(22(27)28)12-9-10-17-24/h11,14-15,17H,2-10,12-13,16H2,1H3/b18-11+,19-14+,20-15+. The first-order chi connectivity index (χ1) is 14.3. The number of hydrogen-bond acceptors (Lipinski definition) is 7. The largest absolute Gasteiger partial charge is 0.303 e. The molecule has 0 radical (unpaired) electrons. The summed E-state index contributed by atoms with van der Waals surface area (Å²) in [6.45, 7) is 2.13. The molecular weight excluding hydrogens is 394 g/mol. The van der Waals surface area contributed by atoms with Crippen LogP contribution in [-0.4, -0.2) is 21.1 Å². The number of carbonyl (C=O) groups excluding carboxylic acids is 1. The van der Waals surface area contributed by atoms with Crippen LogP contribution in [-0.2, 0) is 4.79 Å². The topological polar surface area (TPSA) is 146 Å². The molecule has 0 atom stereocenters. The molecule has 0 saturated carbocycles. The molecule has 0 amide bonds. The molecule has 0 unspecified atom stereocenters. The van der Waals surface area contributed by atoms with Crippen LogP contribution >= 0.6 is 0 Å². The molecule has 0 aromatic carbocycles. The second-order valence-corrected chi connectivity index (χ2v) is 6.88. The summed E-state index contributed by atoms with van der Waals surface area (Å²) < 4.78 is 0. The van der Waals surface area contributed by atoms with Crippen molar-refractivity contribution in [3.8, 4) is 0 Å². The van der Waals surface area contributed by atoms with E-state index in [1.54, 1.807) is 0 Å². The van der Waals surface area contributed by atoms with E-state index in [9.17, 15) is 35.1 Å². The Bertz CT molecular complexity index is 669. The maximum atomic E-state index is 11.2. The van der Waals surface area contributed by atoms with Crippen molar-refractivity contribution in [1.82, 2.24) is 0 Å². The first kappa shape index (κ1) is 27.1. The minimum atomic E-state index is -0.690. The highest BCUT2D eigenvalue weighted by atomic mass is 16.6. The minimum Gasteiger partial charge on any atom is -0.303 e. The van der Waals surface area contributed by atoms with Crippen molar-refractivity contribution in [3.63, 3.8) is 0 Å². The number of aldehydes is 1. The fourth-order valence-corrected chi connectivity index (χ4v) is 2.74. The van der Waals surface area contributed by atoms with E-state index in [4.69, 9.17) is 0 Å². The maximum Gasteiger partial charge on any atom is 0.246 e. The molecule has 0 fully saturated rings. The normalized spacial score (nSPS) is 12.6. The van der Waals surface area contributed by atoms with E-state index in [0.717, 1.165) is 44.3 Å². The molecule has 0 aromatic rings. The summed E-state index contributed by atoms with van der Waals surface area (Å²) in [5.74, 6) is 0. The zero-order valence-electron chi connectivity index (χ0n) is 17.5. The van der Waals surface area contributed by atoms with Crippen LogP contribution in [0, 0.1) is 30.3 Å². The predicted molar refractivity (Wildman–Crippen MR) is 112 cm³/mol. The van der Waals surface area contributed by atoms with Crippen molar-refractivity contribution >= 4 is 6.29 Å². The zero-order valence-corrected chi connectivity index (χ0v) is 17.5. The Morgan fingerprint density at radius 2 is 1.17 bits per heavy atom. The molecule has 0 aromatic heterocycles. The van der Waals surface area contributed by atoms with Gasteiger partial charge < -0.3 is 4.79 Å². The van der Waals surface area contributed by atoms with Gasteiger partial charge in [-0.25, -0.2) is 0 Å². The van der Waals surface area contributed by atoms with Gasteiger partial charge >= 0.3 is 0 Å². The lowest BCUT2D eigenvalue weighted by molar-refractivity contribution is -0.434. The minimum absolute atomic E-state index is 0.0229. The fourth-order valence-electron chi connectivity index (χ4n) is 2.74. The van der Waals surface area contributed by atoms with Gasteiger partial charge in [0.1, 0.15) is 6.29 Å². The van der Waals surface area contributed by atoms with Crippen LogP contribution in [0.3, 0.4) is 0 Å². The third-order valence-corrected chi connectivity index (χ3v) is 4.49. The fraction of sp³-hybridized carbons (Fsp3) is 0.650. The van der Waals surface area contributed by atoms with E-state index >= 15 is 0 Å². The molecule has 0 aliphatic heterocycles. The Morgan fingerprint density at radius 3 is 1.70 bits per heavy atom. The van der Waals surface area contributed by atoms with Gasteiger partial charge in [0, 0.05) is 12.8 Å². The molecule has 0 saturated heterocycles. The molecule has 0 N–H and O–H groups in total. The first-order valence-corrected chi connectivity index (χ1v) is 10.3. The summed E-state index contributed by atoms with van der Waals surface area (Å²) in [6, 6.07) is 0. The molecule has 0 aliphatic carbocycles. The van der Waals surface area contributed by atoms with E-state index in [2.05, 4.69) is 6.92 Å². The van der Waals surface area contributed by atoms with Gasteiger partial charge in [-0.2, -0.15) is 0 Å². The number of nitro groups is 3. The molecule has 0 heterocycles. The first-order valence-electron chi connectivity index (χ1n) is 10.3. The van der Waals surface area contributed by atoms with Crippen LogP contribution in [0.5, 0.6) is 0 Å². The maximum absolute atomic E-state index is 11.2. The van der Waals surface area contributed by atoms with Crippen LogP contribution in [0.15, 0.2) is 35.3 Å². The van der Waals surface area contributed by atoms with Crippen molar-refractivity contribution in [2.75, 3.05) is 0 Å². The van der Waals surface area contributed by atoms with E-state index in [1.807, 2.05) is 0 Å². The van der Waals surface area contributed by atoms with Crippen molar-refractivity contribution in [3.05, 3.63) is 65.7 Å². The lowest BCUT2D eigenvalue weighted by atomic mass is 10.1. The number of hydrogen-bond donors (Lipinski definition) is 0. The Balaban J connectivity index is 4.95.